The number of halogens is 2. The van der Waals surface area contributed by atoms with E-state index in [1.54, 1.807) is 0 Å². The third kappa shape index (κ3) is 4.69. The molecule has 0 aromatic rings. The number of hydrogen-bond acceptors (Lipinski definition) is 0. The number of quaternary nitrogens is 2. The summed E-state index contributed by atoms with van der Waals surface area (Å²) in [5.41, 5.74) is 1.13. The molecule has 0 amide bonds. The van der Waals surface area contributed by atoms with Crippen molar-refractivity contribution in [1.29, 1.82) is 0 Å². The molecule has 1 saturated carbocycles. The van der Waals surface area contributed by atoms with E-state index in [0.717, 1.165) is 10.4 Å². The number of likely N-dealkylation sites (tertiary alicyclic amines) is 1. The highest BCUT2D eigenvalue weighted by molar-refractivity contribution is 5.02. The van der Waals surface area contributed by atoms with Crippen LogP contribution in [0.1, 0.15) is 40.0 Å². The van der Waals surface area contributed by atoms with Crippen LogP contribution in [0.15, 0.2) is 0 Å². The van der Waals surface area contributed by atoms with Gasteiger partial charge in [-0.2, -0.15) is 0 Å². The average molecular weight is 522 g/mol. The van der Waals surface area contributed by atoms with Crippen molar-refractivity contribution >= 4 is 0 Å². The molecule has 128 valence electrons. The molecule has 3 unspecified atom stereocenters. The maximum atomic E-state index is 2.56. The van der Waals surface area contributed by atoms with E-state index in [0.29, 0.717) is 10.8 Å². The van der Waals surface area contributed by atoms with Gasteiger partial charge in [-0.1, -0.05) is 20.8 Å². The molecule has 0 aromatic heterocycles. The maximum absolute atomic E-state index is 2.56. The molecule has 2 aliphatic rings. The number of hydrogen-bond donors (Lipinski definition) is 0. The Kier molecular flexibility index (Phi) is 7.56. The first-order valence-corrected chi connectivity index (χ1v) is 8.12. The fourth-order valence-electron chi connectivity index (χ4n) is 4.81. The average Bonchev–Trinajstić information content (AvgIpc) is 2.36. The van der Waals surface area contributed by atoms with Gasteiger partial charge in [0, 0.05) is 17.8 Å². The second kappa shape index (κ2) is 7.09. The molecule has 1 aliphatic carbocycles. The van der Waals surface area contributed by atoms with E-state index in [1.807, 2.05) is 0 Å². The molecule has 0 spiro atoms. The van der Waals surface area contributed by atoms with Crippen LogP contribution in [0.4, 0.5) is 0 Å². The van der Waals surface area contributed by atoms with E-state index >= 15 is 0 Å². The molecule has 2 fully saturated rings. The molecule has 21 heavy (non-hydrogen) atoms. The minimum atomic E-state index is 0. The lowest BCUT2D eigenvalue weighted by molar-refractivity contribution is -0.931. The van der Waals surface area contributed by atoms with Crippen molar-refractivity contribution in [3.05, 3.63) is 0 Å². The Hall–Kier alpha value is 1.38. The van der Waals surface area contributed by atoms with Gasteiger partial charge in [0.25, 0.3) is 0 Å². The predicted octanol–water partition coefficient (Wildman–Crippen LogP) is -3.01. The summed E-state index contributed by atoms with van der Waals surface area (Å²) in [4.78, 5) is 0. The number of fused-ring (bicyclic) bond motifs is 2. The van der Waals surface area contributed by atoms with E-state index in [1.165, 1.54) is 49.9 Å². The van der Waals surface area contributed by atoms with E-state index in [4.69, 9.17) is 0 Å². The Morgan fingerprint density at radius 3 is 2.14 bits per heavy atom. The third-order valence-electron chi connectivity index (χ3n) is 6.54. The van der Waals surface area contributed by atoms with Gasteiger partial charge in [0.1, 0.15) is 0 Å². The normalized spacial score (nSPS) is 37.6. The van der Waals surface area contributed by atoms with Gasteiger partial charge < -0.3 is 56.9 Å². The molecule has 1 heterocycles. The summed E-state index contributed by atoms with van der Waals surface area (Å²) >= 11 is 0. The first-order valence-electron chi connectivity index (χ1n) is 8.12. The van der Waals surface area contributed by atoms with Crippen LogP contribution in [0.3, 0.4) is 0 Å². The van der Waals surface area contributed by atoms with Gasteiger partial charge in [-0.05, 0) is 18.3 Å². The van der Waals surface area contributed by atoms with Crippen molar-refractivity contribution in [1.82, 2.24) is 0 Å². The van der Waals surface area contributed by atoms with Gasteiger partial charge in [0.05, 0.1) is 54.4 Å². The second-order valence-electron chi connectivity index (χ2n) is 9.57. The fraction of sp³-hybridized carbons (Fsp3) is 1.00. The minimum Gasteiger partial charge on any atom is -1.00 e. The van der Waals surface area contributed by atoms with Crippen LogP contribution in [-0.2, 0) is 0 Å². The lowest BCUT2D eigenvalue weighted by Crippen LogP contribution is -3.00. The lowest BCUT2D eigenvalue weighted by atomic mass is 9.62. The van der Waals surface area contributed by atoms with Crippen LogP contribution in [0.25, 0.3) is 0 Å². The van der Waals surface area contributed by atoms with Gasteiger partial charge in [-0.15, -0.1) is 0 Å². The van der Waals surface area contributed by atoms with Gasteiger partial charge in [0.15, 0.2) is 0 Å². The molecule has 2 rings (SSSR count). The first kappa shape index (κ1) is 22.4. The zero-order valence-electron chi connectivity index (χ0n) is 15.2. The minimum absolute atomic E-state index is 0. The van der Waals surface area contributed by atoms with E-state index in [2.05, 4.69) is 49.0 Å². The maximum Gasteiger partial charge on any atom is 0.0844 e. The molecular formula is C17H36I2N2. The van der Waals surface area contributed by atoms with E-state index in [-0.39, 0.29) is 48.0 Å². The largest absolute Gasteiger partial charge is 1.00 e. The third-order valence-corrected chi connectivity index (χ3v) is 6.54. The lowest BCUT2D eigenvalue weighted by Gasteiger charge is -2.54. The standard InChI is InChI=1S/C17H36N2.2HI/c1-16(2)15-9-10-17(16,3)14-19(7,13-15)12-8-11-18(4,5)6;;/h15H,8-14H2,1-7H3;2*1H/q+2;;/p-2. The molecule has 4 heteroatoms. The molecule has 2 bridgehead atoms. The summed E-state index contributed by atoms with van der Waals surface area (Å²) in [5, 5.41) is 0. The number of nitrogens with zero attached hydrogens (tertiary/aromatic N) is 2. The van der Waals surface area contributed by atoms with Crippen LogP contribution in [0.2, 0.25) is 0 Å². The predicted molar refractivity (Wildman–Crippen MR) is 82.9 cm³/mol. The van der Waals surface area contributed by atoms with Gasteiger partial charge in [-0.25, -0.2) is 0 Å². The summed E-state index contributed by atoms with van der Waals surface area (Å²) in [7, 11) is 9.44. The number of rotatable bonds is 4. The number of piperidine rings is 1. The summed E-state index contributed by atoms with van der Waals surface area (Å²) in [5.74, 6) is 0.945. The van der Waals surface area contributed by atoms with Crippen molar-refractivity contribution in [3.8, 4) is 0 Å². The zero-order valence-corrected chi connectivity index (χ0v) is 19.5. The SMILES string of the molecule is CC12CCC(C[N+](C)(CCC[N+](C)(C)C)C1)C2(C)C.[I-].[I-]. The Labute approximate surface area is 167 Å². The Morgan fingerprint density at radius 1 is 1.10 bits per heavy atom. The molecule has 0 N–H and O–H groups in total. The van der Waals surface area contributed by atoms with Gasteiger partial charge in [0.2, 0.25) is 0 Å². The van der Waals surface area contributed by atoms with E-state index < -0.39 is 0 Å². The quantitative estimate of drug-likeness (QED) is 0.273. The molecule has 1 saturated heterocycles. The molecule has 0 aromatic carbocycles. The van der Waals surface area contributed by atoms with E-state index in [9.17, 15) is 0 Å². The van der Waals surface area contributed by atoms with Crippen LogP contribution >= 0.6 is 0 Å². The van der Waals surface area contributed by atoms with Crippen LogP contribution < -0.4 is 48.0 Å². The molecule has 2 nitrogen and oxygen atoms in total. The first-order chi connectivity index (χ1) is 8.48. The Balaban J connectivity index is 0.00000200. The molecular weight excluding hydrogens is 486 g/mol. The van der Waals surface area contributed by atoms with Crippen LogP contribution in [0.5, 0.6) is 0 Å². The fourth-order valence-corrected chi connectivity index (χ4v) is 4.81. The molecule has 0 radical (unpaired) electrons. The van der Waals surface area contributed by atoms with Crippen LogP contribution in [-0.4, -0.2) is 63.3 Å². The Morgan fingerprint density at radius 2 is 1.67 bits per heavy atom. The Bertz CT molecular complexity index is 351. The molecule has 1 aliphatic heterocycles. The highest BCUT2D eigenvalue weighted by Gasteiger charge is 2.60. The molecule has 3 atom stereocenters. The summed E-state index contributed by atoms with van der Waals surface area (Å²) < 4.78 is 2.43. The highest BCUT2D eigenvalue weighted by Crippen LogP contribution is 2.60. The summed E-state index contributed by atoms with van der Waals surface area (Å²) in [6.07, 6.45) is 4.28. The van der Waals surface area contributed by atoms with Crippen molar-refractivity contribution in [2.45, 2.75) is 40.0 Å². The smallest absolute Gasteiger partial charge is 0.0844 e. The van der Waals surface area contributed by atoms with Crippen molar-refractivity contribution < 1.29 is 56.9 Å². The second-order valence-corrected chi connectivity index (χ2v) is 9.57. The van der Waals surface area contributed by atoms with Crippen molar-refractivity contribution in [2.24, 2.45) is 16.7 Å². The van der Waals surface area contributed by atoms with Crippen molar-refractivity contribution in [2.75, 3.05) is 54.4 Å². The summed E-state index contributed by atoms with van der Waals surface area (Å²) in [6.45, 7) is 13.1. The topological polar surface area (TPSA) is 0 Å². The summed E-state index contributed by atoms with van der Waals surface area (Å²) in [6, 6.07) is 0. The van der Waals surface area contributed by atoms with Gasteiger partial charge in [-0.3, -0.25) is 0 Å². The zero-order chi connectivity index (χ0) is 14.5. The van der Waals surface area contributed by atoms with Crippen LogP contribution in [0, 0.1) is 16.7 Å². The monoisotopic (exact) mass is 522 g/mol. The van der Waals surface area contributed by atoms with Gasteiger partial charge >= 0.3 is 0 Å². The highest BCUT2D eigenvalue weighted by atomic mass is 127. The van der Waals surface area contributed by atoms with Crippen molar-refractivity contribution in [3.63, 3.8) is 0 Å².